The first kappa shape index (κ1) is 22.1. The molecule has 3 aromatic carbocycles. The smallest absolute Gasteiger partial charge is 0.198 e. The molecule has 0 saturated carbocycles. The molecular formula is C31H32NO3+. The Morgan fingerprint density at radius 3 is 2.49 bits per heavy atom. The van der Waals surface area contributed by atoms with Gasteiger partial charge in [0.25, 0.3) is 0 Å². The van der Waals surface area contributed by atoms with E-state index < -0.39 is 0 Å². The number of ether oxygens (including phenoxy) is 1. The lowest BCUT2D eigenvalue weighted by Crippen LogP contribution is -2.61. The van der Waals surface area contributed by atoms with Crippen LogP contribution in [0.15, 0.2) is 83.3 Å². The van der Waals surface area contributed by atoms with Crippen LogP contribution in [0, 0.1) is 11.8 Å². The summed E-state index contributed by atoms with van der Waals surface area (Å²) < 4.78 is 12.9. The standard InChI is InChI=1S/C31H32NO3/c1-34-29-13-6-5-11-26(29)27-12-7-10-24-19-30(35-31(24)27)28(33)18-25-21-32(16-14-23(25)15-17-32)20-22-8-3-2-4-9-22/h2-13,19,23,25H,14-18,20-21H2,1H3/q+1/t23?,25-,32?/m0/s1. The van der Waals surface area contributed by atoms with Crippen molar-refractivity contribution >= 4 is 16.8 Å². The quantitative estimate of drug-likeness (QED) is 0.224. The number of nitrogens with zero attached hydrogens (tertiary/aromatic N) is 1. The van der Waals surface area contributed by atoms with Crippen LogP contribution in [-0.4, -0.2) is 37.0 Å². The fourth-order valence-corrected chi connectivity index (χ4v) is 6.48. The molecule has 3 aliphatic heterocycles. The summed E-state index contributed by atoms with van der Waals surface area (Å²) in [6, 6.07) is 26.7. The lowest BCUT2D eigenvalue weighted by molar-refractivity contribution is -0.959. The number of ketones is 1. The zero-order valence-electron chi connectivity index (χ0n) is 20.3. The molecule has 35 heavy (non-hydrogen) atoms. The number of methoxy groups -OCH3 is 1. The summed E-state index contributed by atoms with van der Waals surface area (Å²) >= 11 is 0. The molecule has 0 N–H and O–H groups in total. The first-order valence-corrected chi connectivity index (χ1v) is 12.7. The van der Waals surface area contributed by atoms with Gasteiger partial charge in [-0.05, 0) is 18.1 Å². The van der Waals surface area contributed by atoms with Crippen LogP contribution in [0.1, 0.15) is 35.4 Å². The average Bonchev–Trinajstić information content (AvgIpc) is 3.35. The topological polar surface area (TPSA) is 39.4 Å². The molecule has 3 fully saturated rings. The largest absolute Gasteiger partial charge is 0.496 e. The van der Waals surface area contributed by atoms with Gasteiger partial charge in [0.15, 0.2) is 11.5 Å². The Morgan fingerprint density at radius 2 is 1.69 bits per heavy atom. The van der Waals surface area contributed by atoms with Crippen LogP contribution in [0.4, 0.5) is 0 Å². The van der Waals surface area contributed by atoms with Crippen molar-refractivity contribution in [2.24, 2.45) is 11.8 Å². The van der Waals surface area contributed by atoms with Crippen molar-refractivity contribution in [3.8, 4) is 16.9 Å². The second-order valence-electron chi connectivity index (χ2n) is 10.4. The lowest BCUT2D eigenvalue weighted by Gasteiger charge is -2.52. The number of carbonyl (C=O) groups is 1. The van der Waals surface area contributed by atoms with E-state index in [1.807, 2.05) is 48.5 Å². The van der Waals surface area contributed by atoms with Crippen LogP contribution >= 0.6 is 0 Å². The summed E-state index contributed by atoms with van der Waals surface area (Å²) in [5.41, 5.74) is 4.08. The third kappa shape index (κ3) is 4.17. The van der Waals surface area contributed by atoms with Gasteiger partial charge >= 0.3 is 0 Å². The van der Waals surface area contributed by atoms with E-state index in [4.69, 9.17) is 9.15 Å². The maximum absolute atomic E-state index is 13.5. The Hall–Kier alpha value is -3.37. The molecule has 4 aromatic rings. The van der Waals surface area contributed by atoms with Crippen molar-refractivity contribution in [3.05, 3.63) is 90.2 Å². The average molecular weight is 467 g/mol. The molecule has 0 spiro atoms. The maximum Gasteiger partial charge on any atom is 0.198 e. The molecule has 0 unspecified atom stereocenters. The van der Waals surface area contributed by atoms with E-state index in [-0.39, 0.29) is 5.78 Å². The first-order chi connectivity index (χ1) is 17.1. The Morgan fingerprint density at radius 1 is 0.943 bits per heavy atom. The van der Waals surface area contributed by atoms with Crippen molar-refractivity contribution in [2.75, 3.05) is 26.7 Å². The highest BCUT2D eigenvalue weighted by atomic mass is 16.5. The highest BCUT2D eigenvalue weighted by Gasteiger charge is 2.46. The van der Waals surface area contributed by atoms with Crippen LogP contribution in [0.3, 0.4) is 0 Å². The van der Waals surface area contributed by atoms with Gasteiger partial charge in [0.1, 0.15) is 17.9 Å². The van der Waals surface area contributed by atoms with Crippen molar-refractivity contribution in [2.45, 2.75) is 25.8 Å². The van der Waals surface area contributed by atoms with Gasteiger partial charge in [0.2, 0.25) is 0 Å². The number of quaternary nitrogens is 1. The molecule has 4 heteroatoms. The van der Waals surface area contributed by atoms with Gasteiger partial charge in [-0.1, -0.05) is 66.7 Å². The molecule has 2 bridgehead atoms. The number of furan rings is 1. The van der Waals surface area contributed by atoms with Crippen molar-refractivity contribution < 1.29 is 18.4 Å². The molecule has 4 nitrogen and oxygen atoms in total. The Balaban J connectivity index is 1.24. The van der Waals surface area contributed by atoms with E-state index in [2.05, 4.69) is 30.3 Å². The number of benzene rings is 3. The zero-order chi connectivity index (χ0) is 23.8. The molecular weight excluding hydrogens is 434 g/mol. The number of piperidine rings is 3. The van der Waals surface area contributed by atoms with E-state index in [1.54, 1.807) is 7.11 Å². The number of carbonyl (C=O) groups excluding carboxylic acids is 1. The predicted molar refractivity (Wildman–Crippen MR) is 138 cm³/mol. The Kier molecular flexibility index (Phi) is 5.69. The molecule has 0 aliphatic carbocycles. The molecule has 1 atom stereocenters. The first-order valence-electron chi connectivity index (χ1n) is 12.7. The predicted octanol–water partition coefficient (Wildman–Crippen LogP) is 6.74. The minimum atomic E-state index is 0.129. The highest BCUT2D eigenvalue weighted by molar-refractivity contribution is 6.01. The second kappa shape index (κ2) is 9.01. The van der Waals surface area contributed by atoms with E-state index in [0.717, 1.165) is 45.4 Å². The van der Waals surface area contributed by atoms with Gasteiger partial charge in [0, 0.05) is 47.3 Å². The van der Waals surface area contributed by atoms with Gasteiger partial charge in [-0.3, -0.25) is 4.79 Å². The second-order valence-corrected chi connectivity index (χ2v) is 10.4. The van der Waals surface area contributed by atoms with Crippen LogP contribution in [0.2, 0.25) is 0 Å². The van der Waals surface area contributed by atoms with E-state index >= 15 is 0 Å². The van der Waals surface area contributed by atoms with Crippen LogP contribution in [0.25, 0.3) is 22.1 Å². The molecule has 3 saturated heterocycles. The van der Waals surface area contributed by atoms with Crippen molar-refractivity contribution in [1.29, 1.82) is 0 Å². The fraction of sp³-hybridized carbons (Fsp3) is 0.323. The molecule has 0 amide bonds. The molecule has 3 aliphatic rings. The number of hydrogen-bond acceptors (Lipinski definition) is 3. The van der Waals surface area contributed by atoms with E-state index in [1.165, 1.54) is 31.5 Å². The van der Waals surface area contributed by atoms with E-state index in [0.29, 0.717) is 24.0 Å². The van der Waals surface area contributed by atoms with Gasteiger partial charge in [-0.2, -0.15) is 0 Å². The fourth-order valence-electron chi connectivity index (χ4n) is 6.48. The lowest BCUT2D eigenvalue weighted by atomic mass is 9.74. The number of Topliss-reactive ketones (excluding diaryl/α,β-unsaturated/α-hetero) is 1. The zero-order valence-corrected chi connectivity index (χ0v) is 20.3. The van der Waals surface area contributed by atoms with Gasteiger partial charge in [-0.15, -0.1) is 0 Å². The third-order valence-corrected chi connectivity index (χ3v) is 8.26. The Bertz CT molecular complexity index is 1350. The molecule has 178 valence electrons. The summed E-state index contributed by atoms with van der Waals surface area (Å²) in [6.45, 7) is 4.64. The van der Waals surface area contributed by atoms with Crippen molar-refractivity contribution in [3.63, 3.8) is 0 Å². The highest BCUT2D eigenvalue weighted by Crippen LogP contribution is 2.42. The van der Waals surface area contributed by atoms with E-state index in [9.17, 15) is 4.79 Å². The van der Waals surface area contributed by atoms with Crippen LogP contribution in [0.5, 0.6) is 5.75 Å². The summed E-state index contributed by atoms with van der Waals surface area (Å²) in [6.07, 6.45) is 3.02. The van der Waals surface area contributed by atoms with Crippen molar-refractivity contribution in [1.82, 2.24) is 0 Å². The van der Waals surface area contributed by atoms with Crippen LogP contribution in [-0.2, 0) is 6.54 Å². The van der Waals surface area contributed by atoms with Crippen LogP contribution < -0.4 is 4.74 Å². The van der Waals surface area contributed by atoms with Gasteiger partial charge in [-0.25, -0.2) is 0 Å². The SMILES string of the molecule is COc1ccccc1-c1cccc2cc(C(=O)C[C@H]3C[N+]4(Cc5ccccc5)CCC3CC4)oc12. The number of rotatable bonds is 7. The third-order valence-electron chi connectivity index (χ3n) is 8.26. The number of fused-ring (bicyclic) bond motifs is 4. The van der Waals surface area contributed by atoms with Gasteiger partial charge in [0.05, 0.1) is 26.7 Å². The molecule has 4 heterocycles. The van der Waals surface area contributed by atoms with Gasteiger partial charge < -0.3 is 13.6 Å². The normalized spacial score (nSPS) is 23.5. The summed E-state index contributed by atoms with van der Waals surface area (Å²) in [5.74, 6) is 2.49. The number of para-hydroxylation sites is 2. The molecule has 7 rings (SSSR count). The monoisotopic (exact) mass is 466 g/mol. The summed E-state index contributed by atoms with van der Waals surface area (Å²) in [7, 11) is 1.68. The maximum atomic E-state index is 13.5. The molecule has 1 aromatic heterocycles. The minimum Gasteiger partial charge on any atom is -0.496 e. The summed E-state index contributed by atoms with van der Waals surface area (Å²) in [5, 5.41) is 0.957. The Labute approximate surface area is 206 Å². The minimum absolute atomic E-state index is 0.129. The molecule has 0 radical (unpaired) electrons. The number of hydrogen-bond donors (Lipinski definition) is 0. The summed E-state index contributed by atoms with van der Waals surface area (Å²) in [4.78, 5) is 13.5.